The van der Waals surface area contributed by atoms with Crippen LogP contribution in [0.25, 0.3) is 0 Å². The molecule has 0 aromatic heterocycles. The van der Waals surface area contributed by atoms with Crippen LogP contribution < -0.4 is 4.90 Å². The predicted molar refractivity (Wildman–Crippen MR) is 67.9 cm³/mol. The van der Waals surface area contributed by atoms with Gasteiger partial charge in [0.1, 0.15) is 5.69 Å². The lowest BCUT2D eigenvalue weighted by atomic mass is 10.1. The van der Waals surface area contributed by atoms with E-state index in [9.17, 15) is 14.9 Å². The van der Waals surface area contributed by atoms with Gasteiger partial charge in [0.2, 0.25) is 0 Å². The Labute approximate surface area is 109 Å². The molecule has 0 fully saturated rings. The number of rotatable bonds is 5. The van der Waals surface area contributed by atoms with Crippen molar-refractivity contribution >= 4 is 17.3 Å². The predicted octanol–water partition coefficient (Wildman–Crippen LogP) is 1.62. The summed E-state index contributed by atoms with van der Waals surface area (Å²) in [5, 5.41) is 28.5. The standard InChI is InChI=1S/C12H13N3O4/c1-8(12(16)17)7-14(2)10-4-3-9(6-13)5-11(10)15(18)19/h3-5,8H,7H2,1-2H3,(H,16,17). The van der Waals surface area contributed by atoms with Crippen LogP contribution >= 0.6 is 0 Å². The van der Waals surface area contributed by atoms with Crippen LogP contribution in [0, 0.1) is 27.4 Å². The van der Waals surface area contributed by atoms with Crippen molar-refractivity contribution in [2.75, 3.05) is 18.5 Å². The first kappa shape index (κ1) is 14.4. The molecule has 1 unspecified atom stereocenters. The second-order valence-corrected chi connectivity index (χ2v) is 4.19. The van der Waals surface area contributed by atoms with Gasteiger partial charge < -0.3 is 10.0 Å². The van der Waals surface area contributed by atoms with Gasteiger partial charge in [0.05, 0.1) is 22.5 Å². The van der Waals surface area contributed by atoms with E-state index in [0.717, 1.165) is 0 Å². The molecule has 0 saturated carbocycles. The van der Waals surface area contributed by atoms with E-state index in [2.05, 4.69) is 0 Å². The zero-order valence-corrected chi connectivity index (χ0v) is 10.5. The number of carboxylic acid groups (broad SMARTS) is 1. The summed E-state index contributed by atoms with van der Waals surface area (Å²) in [6, 6.07) is 5.92. The van der Waals surface area contributed by atoms with Crippen LogP contribution in [0.2, 0.25) is 0 Å². The summed E-state index contributed by atoms with van der Waals surface area (Å²) in [5.41, 5.74) is 0.270. The summed E-state index contributed by atoms with van der Waals surface area (Å²) in [7, 11) is 1.58. The van der Waals surface area contributed by atoms with Crippen molar-refractivity contribution in [1.29, 1.82) is 5.26 Å². The van der Waals surface area contributed by atoms with Gasteiger partial charge in [-0.3, -0.25) is 14.9 Å². The zero-order valence-electron chi connectivity index (χ0n) is 10.5. The summed E-state index contributed by atoms with van der Waals surface area (Å²) in [6.45, 7) is 1.66. The highest BCUT2D eigenvalue weighted by Gasteiger charge is 2.21. The second-order valence-electron chi connectivity index (χ2n) is 4.19. The van der Waals surface area contributed by atoms with Crippen molar-refractivity contribution < 1.29 is 14.8 Å². The number of nitro benzene ring substituents is 1. The molecule has 7 heteroatoms. The number of hydrogen-bond donors (Lipinski definition) is 1. The third kappa shape index (κ3) is 3.42. The van der Waals surface area contributed by atoms with Crippen LogP contribution in [0.15, 0.2) is 18.2 Å². The number of nitriles is 1. The maximum absolute atomic E-state index is 11.0. The van der Waals surface area contributed by atoms with Crippen molar-refractivity contribution in [1.82, 2.24) is 0 Å². The lowest BCUT2D eigenvalue weighted by molar-refractivity contribution is -0.384. The highest BCUT2D eigenvalue weighted by molar-refractivity contribution is 5.71. The number of carboxylic acids is 1. The fraction of sp³-hybridized carbons (Fsp3) is 0.333. The highest BCUT2D eigenvalue weighted by atomic mass is 16.6. The van der Waals surface area contributed by atoms with Crippen LogP contribution in [0.4, 0.5) is 11.4 Å². The topological polar surface area (TPSA) is 107 Å². The molecular weight excluding hydrogens is 250 g/mol. The van der Waals surface area contributed by atoms with Gasteiger partial charge in [-0.2, -0.15) is 5.26 Å². The van der Waals surface area contributed by atoms with Crippen molar-refractivity contribution in [2.24, 2.45) is 5.92 Å². The first-order valence-corrected chi connectivity index (χ1v) is 5.49. The van der Waals surface area contributed by atoms with E-state index < -0.39 is 16.8 Å². The minimum Gasteiger partial charge on any atom is -0.481 e. The Balaban J connectivity index is 3.09. The van der Waals surface area contributed by atoms with E-state index in [1.165, 1.54) is 30.0 Å². The summed E-state index contributed by atoms with van der Waals surface area (Å²) in [4.78, 5) is 22.7. The van der Waals surface area contributed by atoms with Gasteiger partial charge in [0.25, 0.3) is 5.69 Å². The molecule has 1 aromatic rings. The Kier molecular flexibility index (Phi) is 4.42. The molecule has 100 valence electrons. The van der Waals surface area contributed by atoms with Gasteiger partial charge in [0, 0.05) is 19.7 Å². The molecule has 0 aliphatic carbocycles. The molecule has 0 heterocycles. The lowest BCUT2D eigenvalue weighted by Gasteiger charge is -2.21. The van der Waals surface area contributed by atoms with Gasteiger partial charge in [-0.25, -0.2) is 0 Å². The van der Waals surface area contributed by atoms with E-state index in [1.807, 2.05) is 6.07 Å². The molecule has 1 aromatic carbocycles. The number of hydrogen-bond acceptors (Lipinski definition) is 5. The van der Waals surface area contributed by atoms with Gasteiger partial charge in [0.15, 0.2) is 0 Å². The van der Waals surface area contributed by atoms with Crippen LogP contribution in [0.1, 0.15) is 12.5 Å². The van der Waals surface area contributed by atoms with Gasteiger partial charge >= 0.3 is 5.97 Å². The number of benzene rings is 1. The quantitative estimate of drug-likeness (QED) is 0.638. The van der Waals surface area contributed by atoms with Crippen LogP contribution in [0.5, 0.6) is 0 Å². The third-order valence-electron chi connectivity index (χ3n) is 2.68. The Morgan fingerprint density at radius 2 is 2.26 bits per heavy atom. The summed E-state index contributed by atoms with van der Waals surface area (Å²) in [6.07, 6.45) is 0. The molecule has 0 spiro atoms. The Hall–Kier alpha value is -2.62. The smallest absolute Gasteiger partial charge is 0.308 e. The molecule has 0 aliphatic heterocycles. The highest BCUT2D eigenvalue weighted by Crippen LogP contribution is 2.28. The molecule has 1 N–H and O–H groups in total. The molecule has 19 heavy (non-hydrogen) atoms. The Bertz CT molecular complexity index is 550. The monoisotopic (exact) mass is 263 g/mol. The van der Waals surface area contributed by atoms with E-state index in [1.54, 1.807) is 7.05 Å². The van der Waals surface area contributed by atoms with Gasteiger partial charge in [-0.15, -0.1) is 0 Å². The molecule has 0 bridgehead atoms. The summed E-state index contributed by atoms with van der Waals surface area (Å²) >= 11 is 0. The Morgan fingerprint density at radius 3 is 2.74 bits per heavy atom. The molecular formula is C12H13N3O4. The van der Waals surface area contributed by atoms with E-state index in [0.29, 0.717) is 0 Å². The minimum atomic E-state index is -0.969. The molecule has 7 nitrogen and oxygen atoms in total. The average Bonchev–Trinajstić information content (AvgIpc) is 2.37. The minimum absolute atomic E-state index is 0.141. The third-order valence-corrected chi connectivity index (χ3v) is 2.68. The molecule has 1 atom stereocenters. The molecule has 0 saturated heterocycles. The van der Waals surface area contributed by atoms with Crippen LogP contribution in [-0.4, -0.2) is 29.6 Å². The van der Waals surface area contributed by atoms with Gasteiger partial charge in [-0.1, -0.05) is 6.92 Å². The Morgan fingerprint density at radius 1 is 1.63 bits per heavy atom. The molecule has 0 amide bonds. The summed E-state index contributed by atoms with van der Waals surface area (Å²) < 4.78 is 0. The van der Waals surface area contributed by atoms with Gasteiger partial charge in [-0.05, 0) is 12.1 Å². The zero-order chi connectivity index (χ0) is 14.6. The normalized spacial score (nSPS) is 11.4. The SMILES string of the molecule is CC(CN(C)c1ccc(C#N)cc1[N+](=O)[O-])C(=O)O. The number of anilines is 1. The van der Waals surface area contributed by atoms with E-state index in [-0.39, 0.29) is 23.5 Å². The van der Waals surface area contributed by atoms with Crippen LogP contribution in [-0.2, 0) is 4.79 Å². The molecule has 0 aliphatic rings. The largest absolute Gasteiger partial charge is 0.481 e. The summed E-state index contributed by atoms with van der Waals surface area (Å²) in [5.74, 6) is -1.62. The van der Waals surface area contributed by atoms with Crippen LogP contribution in [0.3, 0.4) is 0 Å². The average molecular weight is 263 g/mol. The van der Waals surface area contributed by atoms with Crippen molar-refractivity contribution in [3.63, 3.8) is 0 Å². The number of nitro groups is 1. The fourth-order valence-electron chi connectivity index (χ4n) is 1.65. The molecule has 1 rings (SSSR count). The van der Waals surface area contributed by atoms with E-state index >= 15 is 0 Å². The van der Waals surface area contributed by atoms with Crippen molar-refractivity contribution in [3.8, 4) is 6.07 Å². The number of aliphatic carboxylic acids is 1. The van der Waals surface area contributed by atoms with E-state index in [4.69, 9.17) is 10.4 Å². The first-order chi connectivity index (χ1) is 8.86. The fourth-order valence-corrected chi connectivity index (χ4v) is 1.65. The maximum atomic E-state index is 11.0. The molecule has 0 radical (unpaired) electrons. The lowest BCUT2D eigenvalue weighted by Crippen LogP contribution is -2.28. The maximum Gasteiger partial charge on any atom is 0.308 e. The number of nitrogens with zero attached hydrogens (tertiary/aromatic N) is 3. The van der Waals surface area contributed by atoms with Crippen molar-refractivity contribution in [2.45, 2.75) is 6.92 Å². The number of carbonyl (C=O) groups is 1. The second kappa shape index (κ2) is 5.82. The van der Waals surface area contributed by atoms with Crippen molar-refractivity contribution in [3.05, 3.63) is 33.9 Å². The first-order valence-electron chi connectivity index (χ1n) is 5.49.